The van der Waals surface area contributed by atoms with Gasteiger partial charge in [-0.3, -0.25) is 0 Å². The molecule has 0 aliphatic carbocycles. The van der Waals surface area contributed by atoms with E-state index < -0.39 is 5.60 Å². The van der Waals surface area contributed by atoms with Crippen molar-refractivity contribution in [1.82, 2.24) is 0 Å². The number of hydrogen-bond acceptors (Lipinski definition) is 4. The van der Waals surface area contributed by atoms with Crippen molar-refractivity contribution in [2.45, 2.75) is 19.4 Å². The first-order valence-corrected chi connectivity index (χ1v) is 10.7. The van der Waals surface area contributed by atoms with E-state index in [1.807, 2.05) is 92.7 Å². The predicted molar refractivity (Wildman–Crippen MR) is 124 cm³/mol. The van der Waals surface area contributed by atoms with Crippen molar-refractivity contribution < 1.29 is 14.3 Å². The maximum Gasteiger partial charge on any atom is 0.342 e. The van der Waals surface area contributed by atoms with Gasteiger partial charge in [0.15, 0.2) is 5.60 Å². The zero-order chi connectivity index (χ0) is 21.9. The third-order valence-corrected chi connectivity index (χ3v) is 6.27. The summed E-state index contributed by atoms with van der Waals surface area (Å²) in [4.78, 5) is 13.5. The molecule has 0 saturated heterocycles. The summed E-state index contributed by atoms with van der Waals surface area (Å²) in [7, 11) is 0. The molecular weight excluding hydrogens is 398 g/mol. The fourth-order valence-electron chi connectivity index (χ4n) is 4.93. The number of hydrogen-bond donors (Lipinski definition) is 1. The summed E-state index contributed by atoms with van der Waals surface area (Å²) in [5, 5.41) is 3.44. The fourth-order valence-corrected chi connectivity index (χ4v) is 4.93. The number of aryl methyl sites for hydroxylation is 2. The minimum Gasteiger partial charge on any atom is -0.456 e. The number of esters is 1. The lowest BCUT2D eigenvalue weighted by molar-refractivity contribution is 0.0224. The third-order valence-electron chi connectivity index (χ3n) is 6.27. The smallest absolute Gasteiger partial charge is 0.342 e. The summed E-state index contributed by atoms with van der Waals surface area (Å²) in [5.41, 5.74) is 5.85. The summed E-state index contributed by atoms with van der Waals surface area (Å²) >= 11 is 0. The largest absolute Gasteiger partial charge is 0.456 e. The highest BCUT2D eigenvalue weighted by Gasteiger charge is 2.54. The molecule has 2 aliphatic heterocycles. The highest BCUT2D eigenvalue weighted by Crippen LogP contribution is 2.57. The van der Waals surface area contributed by atoms with Gasteiger partial charge in [-0.15, -0.1) is 0 Å². The van der Waals surface area contributed by atoms with Crippen LogP contribution in [0.1, 0.15) is 38.2 Å². The van der Waals surface area contributed by atoms with Crippen molar-refractivity contribution >= 4 is 17.3 Å². The van der Waals surface area contributed by atoms with E-state index in [0.29, 0.717) is 17.1 Å². The number of rotatable bonds is 2. The van der Waals surface area contributed by atoms with Crippen LogP contribution < -0.4 is 10.1 Å². The van der Waals surface area contributed by atoms with E-state index in [1.54, 1.807) is 0 Å². The summed E-state index contributed by atoms with van der Waals surface area (Å²) in [5.74, 6) is 1.05. The first-order chi connectivity index (χ1) is 15.6. The Hall–Kier alpha value is -4.05. The molecule has 0 fully saturated rings. The first-order valence-electron chi connectivity index (χ1n) is 10.7. The molecule has 0 aromatic heterocycles. The zero-order valence-corrected chi connectivity index (χ0v) is 17.8. The average Bonchev–Trinajstić information content (AvgIpc) is 3.11. The van der Waals surface area contributed by atoms with Gasteiger partial charge in [0.05, 0.1) is 11.3 Å². The molecule has 1 spiro atoms. The number of carbonyl (C=O) groups is 1. The van der Waals surface area contributed by atoms with Gasteiger partial charge in [-0.05, 0) is 55.3 Å². The Balaban J connectivity index is 1.63. The molecule has 6 rings (SSSR count). The Morgan fingerprint density at radius 3 is 2.16 bits per heavy atom. The predicted octanol–water partition coefficient (Wildman–Crippen LogP) is 6.62. The van der Waals surface area contributed by atoms with Crippen LogP contribution in [-0.4, -0.2) is 5.97 Å². The number of carbonyl (C=O) groups excluding carboxylic acids is 1. The highest BCUT2D eigenvalue weighted by atomic mass is 16.6. The second kappa shape index (κ2) is 6.72. The van der Waals surface area contributed by atoms with E-state index in [2.05, 4.69) is 11.4 Å². The minimum atomic E-state index is -1.05. The lowest BCUT2D eigenvalue weighted by Gasteiger charge is -2.37. The Morgan fingerprint density at radius 2 is 1.47 bits per heavy atom. The van der Waals surface area contributed by atoms with Crippen LogP contribution in [0.25, 0.3) is 0 Å². The first kappa shape index (κ1) is 18.7. The topological polar surface area (TPSA) is 47.6 Å². The number of ether oxygens (including phenoxy) is 2. The lowest BCUT2D eigenvalue weighted by Crippen LogP contribution is -2.33. The van der Waals surface area contributed by atoms with Crippen LogP contribution >= 0.6 is 0 Å². The van der Waals surface area contributed by atoms with Gasteiger partial charge in [0.2, 0.25) is 0 Å². The SMILES string of the molecule is Cc1cccc(Nc2ccc(C)c3c2C(=O)OC32c3ccccc3Oc3ccccc32)c1. The van der Waals surface area contributed by atoms with Gasteiger partial charge in [-0.1, -0.05) is 54.6 Å². The molecule has 0 unspecified atom stereocenters. The quantitative estimate of drug-likeness (QED) is 0.371. The van der Waals surface area contributed by atoms with Crippen LogP contribution in [0.5, 0.6) is 11.5 Å². The molecule has 0 radical (unpaired) electrons. The molecule has 0 atom stereocenters. The van der Waals surface area contributed by atoms with Crippen LogP contribution in [0.15, 0.2) is 84.9 Å². The average molecular weight is 419 g/mol. The number of fused-ring (bicyclic) bond motifs is 6. The van der Waals surface area contributed by atoms with E-state index in [9.17, 15) is 4.79 Å². The second-order valence-corrected chi connectivity index (χ2v) is 8.34. The Kier molecular flexibility index (Phi) is 3.93. The van der Waals surface area contributed by atoms with Crippen molar-refractivity contribution in [2.75, 3.05) is 5.32 Å². The second-order valence-electron chi connectivity index (χ2n) is 8.34. The number of benzene rings is 4. The van der Waals surface area contributed by atoms with Crippen molar-refractivity contribution in [1.29, 1.82) is 0 Å². The van der Waals surface area contributed by atoms with E-state index in [4.69, 9.17) is 9.47 Å². The molecule has 0 saturated carbocycles. The maximum atomic E-state index is 13.5. The van der Waals surface area contributed by atoms with E-state index in [-0.39, 0.29) is 5.97 Å². The van der Waals surface area contributed by atoms with Gasteiger partial charge in [0.25, 0.3) is 0 Å². The van der Waals surface area contributed by atoms with Gasteiger partial charge in [0, 0.05) is 22.4 Å². The minimum absolute atomic E-state index is 0.342. The van der Waals surface area contributed by atoms with Crippen molar-refractivity contribution in [3.63, 3.8) is 0 Å². The lowest BCUT2D eigenvalue weighted by atomic mass is 9.76. The van der Waals surface area contributed by atoms with E-state index in [1.165, 1.54) is 0 Å². The maximum absolute atomic E-state index is 13.5. The summed E-state index contributed by atoms with van der Waals surface area (Å²) in [6.07, 6.45) is 0. The van der Waals surface area contributed by atoms with Gasteiger partial charge in [-0.2, -0.15) is 0 Å². The van der Waals surface area contributed by atoms with Crippen LogP contribution in [0.2, 0.25) is 0 Å². The van der Waals surface area contributed by atoms with E-state index in [0.717, 1.165) is 39.2 Å². The molecular formula is C28H21NO3. The van der Waals surface area contributed by atoms with Gasteiger partial charge in [0.1, 0.15) is 11.5 Å². The molecule has 4 aromatic carbocycles. The Labute approximate surface area is 186 Å². The molecule has 4 heteroatoms. The van der Waals surface area contributed by atoms with E-state index >= 15 is 0 Å². The summed E-state index contributed by atoms with van der Waals surface area (Å²) in [6.45, 7) is 4.07. The highest BCUT2D eigenvalue weighted by molar-refractivity contribution is 6.03. The van der Waals surface area contributed by atoms with Crippen molar-refractivity contribution in [3.05, 3.63) is 118 Å². The van der Waals surface area contributed by atoms with Crippen LogP contribution in [0, 0.1) is 13.8 Å². The van der Waals surface area contributed by atoms with Crippen LogP contribution in [0.3, 0.4) is 0 Å². The summed E-state index contributed by atoms with van der Waals surface area (Å²) < 4.78 is 12.5. The molecule has 0 amide bonds. The third kappa shape index (κ3) is 2.53. The fraction of sp³-hybridized carbons (Fsp3) is 0.107. The van der Waals surface area contributed by atoms with Crippen molar-refractivity contribution in [3.8, 4) is 11.5 Å². The molecule has 1 N–H and O–H groups in total. The van der Waals surface area contributed by atoms with Crippen LogP contribution in [0.4, 0.5) is 11.4 Å². The molecule has 2 aliphatic rings. The Morgan fingerprint density at radius 1 is 0.781 bits per heavy atom. The number of nitrogens with one attached hydrogen (secondary N) is 1. The molecule has 0 bridgehead atoms. The van der Waals surface area contributed by atoms with Crippen molar-refractivity contribution in [2.24, 2.45) is 0 Å². The monoisotopic (exact) mass is 419 g/mol. The van der Waals surface area contributed by atoms with Gasteiger partial charge < -0.3 is 14.8 Å². The van der Waals surface area contributed by atoms with Gasteiger partial charge in [-0.25, -0.2) is 4.79 Å². The molecule has 156 valence electrons. The summed E-state index contributed by atoms with van der Waals surface area (Å²) in [6, 6.07) is 27.7. The normalized spacial score (nSPS) is 14.8. The zero-order valence-electron chi connectivity index (χ0n) is 17.8. The van der Waals surface area contributed by atoms with Gasteiger partial charge >= 0.3 is 5.97 Å². The van der Waals surface area contributed by atoms with Crippen LogP contribution in [-0.2, 0) is 10.3 Å². The molecule has 32 heavy (non-hydrogen) atoms. The molecule has 4 nitrogen and oxygen atoms in total. The number of para-hydroxylation sites is 2. The Bertz CT molecular complexity index is 1360. The number of anilines is 2. The standard InChI is InChI=1S/C28H21NO3/c1-17-8-7-9-19(16-17)29-22-15-14-18(2)26-25(22)27(30)32-28(26)20-10-3-5-12-23(20)31-24-13-6-4-11-21(24)28/h3-16,29H,1-2H3. The molecule has 4 aromatic rings. The molecule has 2 heterocycles.